The molecule has 22 heavy (non-hydrogen) atoms. The fourth-order valence-electron chi connectivity index (χ4n) is 2.84. The molecular formula is C18H37O3P. The fraction of sp³-hybridized carbons (Fsp3) is 0.889. The van der Waals surface area contributed by atoms with E-state index in [9.17, 15) is 14.4 Å². The van der Waals surface area contributed by atoms with Gasteiger partial charge < -0.3 is 9.79 Å². The van der Waals surface area contributed by atoms with Gasteiger partial charge in [-0.05, 0) is 24.7 Å². The minimum Gasteiger partial charge on any atom is -0.321 e. The Hall–Kier alpha value is -0.110. The van der Waals surface area contributed by atoms with Crippen LogP contribution >= 0.6 is 7.60 Å². The van der Waals surface area contributed by atoms with Gasteiger partial charge in [0.1, 0.15) is 0 Å². The minimum atomic E-state index is -4.11. The maximum Gasteiger partial charge on any atom is 0.351 e. The molecule has 0 heterocycles. The molecule has 0 spiro atoms. The largest absolute Gasteiger partial charge is 0.351 e. The van der Waals surface area contributed by atoms with E-state index in [0.29, 0.717) is 23.6 Å². The first kappa shape index (κ1) is 21.9. The van der Waals surface area contributed by atoms with Crippen LogP contribution in [0.2, 0.25) is 0 Å². The number of rotatable bonds is 13. The van der Waals surface area contributed by atoms with Gasteiger partial charge in [-0.1, -0.05) is 85.1 Å². The monoisotopic (exact) mass is 332 g/mol. The molecule has 0 aromatic carbocycles. The van der Waals surface area contributed by atoms with E-state index in [2.05, 4.69) is 27.7 Å². The first-order valence-corrected chi connectivity index (χ1v) is 10.7. The van der Waals surface area contributed by atoms with Crippen molar-refractivity contribution in [1.82, 2.24) is 0 Å². The third kappa shape index (κ3) is 9.82. The van der Waals surface area contributed by atoms with Gasteiger partial charge in [0.05, 0.1) is 0 Å². The van der Waals surface area contributed by atoms with Crippen molar-refractivity contribution in [3.05, 3.63) is 11.4 Å². The van der Waals surface area contributed by atoms with Crippen LogP contribution in [0.5, 0.6) is 0 Å². The first-order valence-electron chi connectivity index (χ1n) is 9.13. The Labute approximate surface area is 137 Å². The Bertz CT molecular complexity index is 346. The molecule has 0 aliphatic carbocycles. The summed E-state index contributed by atoms with van der Waals surface area (Å²) in [6, 6.07) is 0. The average Bonchev–Trinajstić information content (AvgIpc) is 2.48. The zero-order chi connectivity index (χ0) is 17.0. The van der Waals surface area contributed by atoms with Crippen molar-refractivity contribution in [1.29, 1.82) is 0 Å². The topological polar surface area (TPSA) is 57.5 Å². The lowest BCUT2D eigenvalue weighted by atomic mass is 9.93. The normalized spacial score (nSPS) is 15.8. The molecule has 0 rings (SSSR count). The van der Waals surface area contributed by atoms with Crippen LogP contribution in [0.15, 0.2) is 11.4 Å². The van der Waals surface area contributed by atoms with E-state index in [0.717, 1.165) is 44.9 Å². The molecule has 2 N–H and O–H groups in total. The molecule has 2 atom stereocenters. The molecule has 4 heteroatoms. The second-order valence-corrected chi connectivity index (χ2v) is 8.17. The van der Waals surface area contributed by atoms with Crippen LogP contribution < -0.4 is 0 Å². The third-order valence-electron chi connectivity index (χ3n) is 4.65. The Morgan fingerprint density at radius 1 is 0.955 bits per heavy atom. The summed E-state index contributed by atoms with van der Waals surface area (Å²) in [6.07, 6.45) is 12.2. The Morgan fingerprint density at radius 3 is 1.86 bits per heavy atom. The Kier molecular flexibility index (Phi) is 12.3. The standard InChI is InChI=1S/C18H37O3P/c1-5-9-11-16(7-3)13-14-18(22(19,20)21)15-17(8-4)12-10-6-2/h14,16-17H,5-13,15H2,1-4H3,(H2,19,20,21). The molecule has 0 saturated heterocycles. The zero-order valence-electron chi connectivity index (χ0n) is 15.1. The van der Waals surface area contributed by atoms with Gasteiger partial charge in [-0.15, -0.1) is 0 Å². The number of hydrogen-bond donors (Lipinski definition) is 2. The van der Waals surface area contributed by atoms with E-state index in [1.165, 1.54) is 12.8 Å². The number of hydrogen-bond acceptors (Lipinski definition) is 1. The summed E-state index contributed by atoms with van der Waals surface area (Å²) in [7, 11) is -4.11. The predicted molar refractivity (Wildman–Crippen MR) is 96.0 cm³/mol. The summed E-state index contributed by atoms with van der Waals surface area (Å²) < 4.78 is 11.8. The Morgan fingerprint density at radius 2 is 1.45 bits per heavy atom. The summed E-state index contributed by atoms with van der Waals surface area (Å²) in [5.41, 5.74) is 0. The van der Waals surface area contributed by atoms with Crippen molar-refractivity contribution in [3.63, 3.8) is 0 Å². The molecule has 0 aliphatic rings. The van der Waals surface area contributed by atoms with Gasteiger partial charge in [0.2, 0.25) is 0 Å². The van der Waals surface area contributed by atoms with Gasteiger partial charge in [-0.2, -0.15) is 0 Å². The summed E-state index contributed by atoms with van der Waals surface area (Å²) in [5.74, 6) is 0.951. The molecule has 0 aliphatic heterocycles. The molecule has 0 aromatic heterocycles. The highest BCUT2D eigenvalue weighted by Crippen LogP contribution is 2.49. The smallest absolute Gasteiger partial charge is 0.321 e. The van der Waals surface area contributed by atoms with Gasteiger partial charge >= 0.3 is 7.60 Å². The number of unbranched alkanes of at least 4 members (excludes halogenated alkanes) is 2. The quantitative estimate of drug-likeness (QED) is 0.391. The summed E-state index contributed by atoms with van der Waals surface area (Å²) >= 11 is 0. The van der Waals surface area contributed by atoms with Crippen LogP contribution in [0.3, 0.4) is 0 Å². The van der Waals surface area contributed by atoms with E-state index in [-0.39, 0.29) is 0 Å². The van der Waals surface area contributed by atoms with Crippen molar-refractivity contribution in [2.24, 2.45) is 11.8 Å². The Balaban J connectivity index is 4.81. The molecule has 0 aromatic rings. The van der Waals surface area contributed by atoms with Crippen molar-refractivity contribution in [2.75, 3.05) is 0 Å². The highest BCUT2D eigenvalue weighted by Gasteiger charge is 2.23. The fourth-order valence-corrected chi connectivity index (χ4v) is 3.68. The van der Waals surface area contributed by atoms with Crippen molar-refractivity contribution >= 4 is 7.60 Å². The van der Waals surface area contributed by atoms with E-state index in [1.54, 1.807) is 0 Å². The minimum absolute atomic E-state index is 0.380. The van der Waals surface area contributed by atoms with Gasteiger partial charge in [-0.25, -0.2) is 0 Å². The summed E-state index contributed by atoms with van der Waals surface area (Å²) in [6.45, 7) is 8.63. The first-order chi connectivity index (χ1) is 10.4. The van der Waals surface area contributed by atoms with Gasteiger partial charge in [0.25, 0.3) is 0 Å². The molecule has 0 saturated carbocycles. The van der Waals surface area contributed by atoms with Crippen molar-refractivity contribution < 1.29 is 14.4 Å². The average molecular weight is 332 g/mol. The predicted octanol–water partition coefficient (Wildman–Crippen LogP) is 6.26. The molecule has 0 radical (unpaired) electrons. The second kappa shape index (κ2) is 12.3. The van der Waals surface area contributed by atoms with E-state index in [4.69, 9.17) is 0 Å². The third-order valence-corrected chi connectivity index (χ3v) is 5.76. The van der Waals surface area contributed by atoms with Crippen molar-refractivity contribution in [3.8, 4) is 0 Å². The highest BCUT2D eigenvalue weighted by atomic mass is 31.2. The SMILES string of the molecule is CCCCC(CC)CC=C(CC(CC)CCCC)P(=O)(O)O. The zero-order valence-corrected chi connectivity index (χ0v) is 15.9. The van der Waals surface area contributed by atoms with E-state index in [1.807, 2.05) is 6.08 Å². The molecular weight excluding hydrogens is 295 g/mol. The van der Waals surface area contributed by atoms with Gasteiger partial charge in [0, 0.05) is 5.31 Å². The molecule has 132 valence electrons. The maximum atomic E-state index is 11.8. The lowest BCUT2D eigenvalue weighted by Crippen LogP contribution is -2.03. The van der Waals surface area contributed by atoms with E-state index < -0.39 is 7.60 Å². The molecule has 2 unspecified atom stereocenters. The van der Waals surface area contributed by atoms with Crippen LogP contribution in [0, 0.1) is 11.8 Å². The van der Waals surface area contributed by atoms with Gasteiger partial charge in [-0.3, -0.25) is 4.57 Å². The van der Waals surface area contributed by atoms with Crippen LogP contribution in [0.1, 0.15) is 91.9 Å². The van der Waals surface area contributed by atoms with Crippen LogP contribution in [-0.4, -0.2) is 9.79 Å². The summed E-state index contributed by atoms with van der Waals surface area (Å²) in [4.78, 5) is 19.3. The van der Waals surface area contributed by atoms with E-state index >= 15 is 0 Å². The second-order valence-electron chi connectivity index (χ2n) is 6.51. The molecule has 0 amide bonds. The highest BCUT2D eigenvalue weighted by molar-refractivity contribution is 7.56. The molecule has 0 bridgehead atoms. The van der Waals surface area contributed by atoms with Crippen LogP contribution in [0.4, 0.5) is 0 Å². The van der Waals surface area contributed by atoms with Crippen LogP contribution in [-0.2, 0) is 4.57 Å². The lowest BCUT2D eigenvalue weighted by Gasteiger charge is -2.19. The molecule has 3 nitrogen and oxygen atoms in total. The van der Waals surface area contributed by atoms with Crippen molar-refractivity contribution in [2.45, 2.75) is 91.9 Å². The van der Waals surface area contributed by atoms with Gasteiger partial charge in [0.15, 0.2) is 0 Å². The summed E-state index contributed by atoms with van der Waals surface area (Å²) in [5, 5.41) is 0.380. The number of allylic oxidation sites excluding steroid dienone is 2. The maximum absolute atomic E-state index is 11.8. The molecule has 0 fully saturated rings. The van der Waals surface area contributed by atoms with Crippen LogP contribution in [0.25, 0.3) is 0 Å². The lowest BCUT2D eigenvalue weighted by molar-refractivity contribution is 0.371.